The summed E-state index contributed by atoms with van der Waals surface area (Å²) in [4.78, 5) is 36.6. The molecule has 51 heavy (non-hydrogen) atoms. The molecule has 2 atom stereocenters. The van der Waals surface area contributed by atoms with Crippen LogP contribution in [0.3, 0.4) is 0 Å². The first kappa shape index (κ1) is 38.9. The van der Waals surface area contributed by atoms with E-state index in [-0.39, 0.29) is 48.2 Å². The zero-order valence-corrected chi connectivity index (χ0v) is 31.4. The molecule has 280 valence electrons. The number of hydrogen-bond donors (Lipinski definition) is 3. The molecule has 2 unspecified atom stereocenters. The number of likely N-dealkylation sites (tertiary alicyclic amines) is 1. The normalized spacial score (nSPS) is 20.8. The monoisotopic (exact) mass is 753 g/mol. The van der Waals surface area contributed by atoms with E-state index in [1.165, 1.54) is 11.1 Å². The summed E-state index contributed by atoms with van der Waals surface area (Å²) in [5, 5.41) is 5.50. The highest BCUT2D eigenvalue weighted by Crippen LogP contribution is 2.59. The van der Waals surface area contributed by atoms with Crippen LogP contribution in [0.2, 0.25) is 5.15 Å². The maximum Gasteiger partial charge on any atom is 0.410 e. The van der Waals surface area contributed by atoms with E-state index < -0.39 is 29.3 Å². The number of halogens is 4. The van der Waals surface area contributed by atoms with E-state index in [1.807, 2.05) is 44.7 Å². The average molecular weight is 754 g/mol. The molecule has 2 aliphatic heterocycles. The number of nitrogens with one attached hydrogen (secondary N) is 3. The maximum absolute atomic E-state index is 13.2. The van der Waals surface area contributed by atoms with Crippen molar-refractivity contribution in [3.63, 3.8) is 0 Å². The van der Waals surface area contributed by atoms with E-state index in [9.17, 15) is 22.8 Å². The Morgan fingerprint density at radius 1 is 1.14 bits per heavy atom. The van der Waals surface area contributed by atoms with Crippen molar-refractivity contribution in [3.8, 4) is 0 Å². The lowest BCUT2D eigenvalue weighted by atomic mass is 9.93. The predicted molar refractivity (Wildman–Crippen MR) is 191 cm³/mol. The topological polar surface area (TPSA) is 121 Å². The van der Waals surface area contributed by atoms with Gasteiger partial charge in [0.15, 0.2) is 0 Å². The SMILES string of the molecule is Cc1ccc(SNC(=O)c2ccc(N3C=CC(OCCC4(C(F)(F)F)CC4)N3)nc2Cl)nc1NCCCC1CN(C(=O)OC(C)(C)C)C(C)(C)C1. The van der Waals surface area contributed by atoms with Gasteiger partial charge >= 0.3 is 12.3 Å². The quantitative estimate of drug-likeness (QED) is 0.105. The number of pyridine rings is 2. The van der Waals surface area contributed by atoms with Crippen molar-refractivity contribution < 1.29 is 32.2 Å². The van der Waals surface area contributed by atoms with E-state index in [1.54, 1.807) is 18.3 Å². The smallest absolute Gasteiger partial charge is 0.410 e. The van der Waals surface area contributed by atoms with E-state index in [0.29, 0.717) is 29.9 Å². The van der Waals surface area contributed by atoms with Gasteiger partial charge in [0, 0.05) is 43.4 Å². The van der Waals surface area contributed by atoms with Gasteiger partial charge in [-0.2, -0.15) is 18.6 Å². The van der Waals surface area contributed by atoms with Crippen molar-refractivity contribution in [3.05, 3.63) is 52.8 Å². The van der Waals surface area contributed by atoms with Gasteiger partial charge in [-0.25, -0.2) is 14.8 Å². The molecule has 3 N–H and O–H groups in total. The summed E-state index contributed by atoms with van der Waals surface area (Å²) >= 11 is 7.44. The van der Waals surface area contributed by atoms with Crippen LogP contribution in [0.15, 0.2) is 41.6 Å². The molecule has 2 fully saturated rings. The summed E-state index contributed by atoms with van der Waals surface area (Å²) in [6, 6.07) is 6.89. The Hall–Kier alpha value is -3.27. The first-order chi connectivity index (χ1) is 23.9. The molecule has 2 aromatic rings. The van der Waals surface area contributed by atoms with E-state index in [0.717, 1.165) is 42.6 Å². The lowest BCUT2D eigenvalue weighted by Gasteiger charge is -2.33. The van der Waals surface area contributed by atoms with Crippen molar-refractivity contribution in [2.24, 2.45) is 11.3 Å². The number of amides is 2. The van der Waals surface area contributed by atoms with Gasteiger partial charge in [-0.3, -0.25) is 14.5 Å². The molecule has 11 nitrogen and oxygen atoms in total. The number of hydrazine groups is 1. The number of carbonyl (C=O) groups is 2. The molecule has 2 amide bonds. The van der Waals surface area contributed by atoms with Crippen LogP contribution < -0.4 is 20.5 Å². The third-order valence-electron chi connectivity index (χ3n) is 9.31. The maximum atomic E-state index is 13.2. The van der Waals surface area contributed by atoms with Crippen LogP contribution in [0, 0.1) is 18.3 Å². The largest absolute Gasteiger partial charge is 0.444 e. The molecule has 1 saturated heterocycles. The van der Waals surface area contributed by atoms with Gasteiger partial charge in [-0.05, 0) is 116 Å². The van der Waals surface area contributed by atoms with Crippen molar-refractivity contribution in [2.75, 3.05) is 30.0 Å². The van der Waals surface area contributed by atoms with Gasteiger partial charge in [0.1, 0.15) is 33.6 Å². The van der Waals surface area contributed by atoms with Crippen molar-refractivity contribution >= 4 is 47.2 Å². The molecule has 0 spiro atoms. The van der Waals surface area contributed by atoms with E-state index in [2.05, 4.69) is 39.3 Å². The first-order valence-electron chi connectivity index (χ1n) is 17.1. The molecule has 0 radical (unpaired) electrons. The standard InChI is InChI=1S/C35H47ClF3N7O4S/c1-22-9-12-27(42-29(22)40-17-7-8-23-20-33(5,6)45(21-23)31(48)50-32(2,3)4)51-44-30(47)24-10-11-25(41-28(24)36)46-18-13-26(43-46)49-19-16-34(14-15-34)35(37,38)39/h9-13,18,23,26,43H,7-8,14-17,19-21H2,1-6H3,(H,40,42)(H,44,47). The van der Waals surface area contributed by atoms with Crippen LogP contribution in [0.25, 0.3) is 0 Å². The second-order valence-corrected chi connectivity index (χ2v) is 16.2. The Labute approximate surface area is 306 Å². The lowest BCUT2D eigenvalue weighted by molar-refractivity contribution is -0.192. The number of aromatic nitrogens is 2. The van der Waals surface area contributed by atoms with Gasteiger partial charge in [0.25, 0.3) is 5.91 Å². The number of nitrogens with zero attached hydrogens (tertiary/aromatic N) is 4. The fourth-order valence-corrected chi connectivity index (χ4v) is 7.09. The van der Waals surface area contributed by atoms with Gasteiger partial charge in [0.2, 0.25) is 0 Å². The van der Waals surface area contributed by atoms with Gasteiger partial charge in [-0.15, -0.1) is 0 Å². The molecule has 4 heterocycles. The molecular formula is C35H47ClF3N7O4S. The minimum atomic E-state index is -4.21. The Morgan fingerprint density at radius 2 is 1.88 bits per heavy atom. The van der Waals surface area contributed by atoms with E-state index in [4.69, 9.17) is 21.1 Å². The number of rotatable bonds is 13. The Kier molecular flexibility index (Phi) is 11.7. The van der Waals surface area contributed by atoms with Gasteiger partial charge < -0.3 is 19.7 Å². The molecule has 0 aromatic carbocycles. The molecule has 2 aromatic heterocycles. The number of alkyl halides is 3. The van der Waals surface area contributed by atoms with E-state index >= 15 is 0 Å². The number of hydrogen-bond acceptors (Lipinski definition) is 10. The summed E-state index contributed by atoms with van der Waals surface area (Å²) in [5.41, 5.74) is 1.72. The van der Waals surface area contributed by atoms with Gasteiger partial charge in [0.05, 0.1) is 11.0 Å². The summed E-state index contributed by atoms with van der Waals surface area (Å²) in [5.74, 6) is 1.03. The highest BCUT2D eigenvalue weighted by molar-refractivity contribution is 7.97. The fourth-order valence-electron chi connectivity index (χ4n) is 6.27. The lowest BCUT2D eigenvalue weighted by Crippen LogP contribution is -2.45. The van der Waals surface area contributed by atoms with Crippen molar-refractivity contribution in [1.82, 2.24) is 25.0 Å². The third-order valence-corrected chi connectivity index (χ3v) is 10.3. The summed E-state index contributed by atoms with van der Waals surface area (Å²) in [6.07, 6.45) is 1.17. The summed E-state index contributed by atoms with van der Waals surface area (Å²) < 4.78 is 53.5. The predicted octanol–water partition coefficient (Wildman–Crippen LogP) is 8.02. The molecule has 1 aliphatic carbocycles. The number of aryl methyl sites for hydroxylation is 1. The Morgan fingerprint density at radius 3 is 2.55 bits per heavy atom. The minimum Gasteiger partial charge on any atom is -0.444 e. The Balaban J connectivity index is 1.05. The van der Waals surface area contributed by atoms with Crippen molar-refractivity contribution in [1.29, 1.82) is 0 Å². The highest BCUT2D eigenvalue weighted by atomic mass is 35.5. The van der Waals surface area contributed by atoms with Gasteiger partial charge in [-0.1, -0.05) is 17.7 Å². The second kappa shape index (κ2) is 15.4. The minimum absolute atomic E-state index is 0.0230. The Bertz CT molecular complexity index is 1620. The van der Waals surface area contributed by atoms with Crippen LogP contribution in [-0.2, 0) is 9.47 Å². The molecule has 16 heteroatoms. The number of ether oxygens (including phenoxy) is 2. The van der Waals surface area contributed by atoms with Crippen LogP contribution in [0.4, 0.5) is 29.6 Å². The molecule has 1 saturated carbocycles. The third kappa shape index (κ3) is 9.99. The fraction of sp³-hybridized carbons (Fsp3) is 0.600. The van der Waals surface area contributed by atoms with Crippen LogP contribution in [-0.4, -0.2) is 70.1 Å². The highest BCUT2D eigenvalue weighted by Gasteiger charge is 2.62. The van der Waals surface area contributed by atoms with Crippen molar-refractivity contribution in [2.45, 2.75) is 109 Å². The molecular weight excluding hydrogens is 707 g/mol. The first-order valence-corrected chi connectivity index (χ1v) is 18.3. The summed E-state index contributed by atoms with van der Waals surface area (Å²) in [6.45, 7) is 13.1. The van der Waals surface area contributed by atoms with Crippen LogP contribution in [0.5, 0.6) is 0 Å². The second-order valence-electron chi connectivity index (χ2n) is 15.1. The average Bonchev–Trinajstić information content (AvgIpc) is 3.58. The molecule has 5 rings (SSSR count). The van der Waals surface area contributed by atoms with Crippen LogP contribution in [0.1, 0.15) is 89.1 Å². The zero-order chi connectivity index (χ0) is 37.2. The zero-order valence-electron chi connectivity index (χ0n) is 29.8. The number of carbonyl (C=O) groups excluding carboxylic acids is 2. The number of anilines is 2. The summed E-state index contributed by atoms with van der Waals surface area (Å²) in [7, 11) is 0. The molecule has 0 bridgehead atoms. The van der Waals surface area contributed by atoms with Crippen LogP contribution >= 0.6 is 23.5 Å². The molecule has 3 aliphatic rings.